The lowest BCUT2D eigenvalue weighted by Gasteiger charge is -2.32. The summed E-state index contributed by atoms with van der Waals surface area (Å²) in [6.45, 7) is 2.19. The predicted octanol–water partition coefficient (Wildman–Crippen LogP) is 1.40. The first-order valence-electron chi connectivity index (χ1n) is 6.87. The van der Waals surface area contributed by atoms with Gasteiger partial charge in [-0.05, 0) is 25.0 Å². The fourth-order valence-electron chi connectivity index (χ4n) is 2.52. The second-order valence-electron chi connectivity index (χ2n) is 4.98. The van der Waals surface area contributed by atoms with Crippen LogP contribution in [0.15, 0.2) is 35.2 Å². The van der Waals surface area contributed by atoms with Gasteiger partial charge in [0.15, 0.2) is 5.76 Å². The minimum Gasteiger partial charge on any atom is -0.459 e. The summed E-state index contributed by atoms with van der Waals surface area (Å²) in [6.07, 6.45) is 7.16. The van der Waals surface area contributed by atoms with E-state index in [0.29, 0.717) is 24.9 Å². The van der Waals surface area contributed by atoms with Crippen LogP contribution in [0.2, 0.25) is 0 Å². The molecule has 1 amide bonds. The van der Waals surface area contributed by atoms with Gasteiger partial charge in [0.25, 0.3) is 5.91 Å². The molecule has 1 unspecified atom stereocenters. The van der Waals surface area contributed by atoms with E-state index in [4.69, 9.17) is 4.42 Å². The van der Waals surface area contributed by atoms with Gasteiger partial charge in [0, 0.05) is 31.5 Å². The van der Waals surface area contributed by atoms with Crippen molar-refractivity contribution in [1.29, 1.82) is 0 Å². The van der Waals surface area contributed by atoms with Crippen molar-refractivity contribution in [3.8, 4) is 0 Å². The zero-order chi connectivity index (χ0) is 13.8. The normalized spacial score (nSPS) is 19.2. The van der Waals surface area contributed by atoms with E-state index in [1.54, 1.807) is 18.3 Å². The van der Waals surface area contributed by atoms with Crippen LogP contribution in [0.3, 0.4) is 0 Å². The molecule has 106 valence electrons. The lowest BCUT2D eigenvalue weighted by atomic mass is 10.1. The van der Waals surface area contributed by atoms with Crippen molar-refractivity contribution in [1.82, 2.24) is 20.2 Å². The van der Waals surface area contributed by atoms with Crippen molar-refractivity contribution < 1.29 is 9.21 Å². The molecule has 2 aromatic heterocycles. The summed E-state index contributed by atoms with van der Waals surface area (Å²) in [6, 6.07) is 3.75. The molecule has 0 bridgehead atoms. The Hall–Kier alpha value is -2.08. The second kappa shape index (κ2) is 5.92. The Morgan fingerprint density at radius 2 is 2.55 bits per heavy atom. The van der Waals surface area contributed by atoms with E-state index in [-0.39, 0.29) is 5.91 Å². The number of aromatic nitrogens is 2. The number of nitrogens with one attached hydrogen (secondary N) is 2. The molecule has 1 fully saturated rings. The molecule has 6 heteroatoms. The maximum atomic E-state index is 12.2. The average Bonchev–Trinajstić information content (AvgIpc) is 3.18. The highest BCUT2D eigenvalue weighted by Gasteiger charge is 2.25. The van der Waals surface area contributed by atoms with Crippen LogP contribution >= 0.6 is 0 Å². The van der Waals surface area contributed by atoms with Crippen molar-refractivity contribution in [2.75, 3.05) is 13.1 Å². The molecule has 1 atom stereocenters. The lowest BCUT2D eigenvalue weighted by molar-refractivity contribution is 0.0662. The van der Waals surface area contributed by atoms with Crippen LogP contribution in [0.5, 0.6) is 0 Å². The van der Waals surface area contributed by atoms with Crippen LogP contribution in [0.1, 0.15) is 29.2 Å². The van der Waals surface area contributed by atoms with Gasteiger partial charge >= 0.3 is 0 Å². The number of rotatable bonds is 4. The molecule has 1 saturated heterocycles. The minimum atomic E-state index is -0.0282. The monoisotopic (exact) mass is 274 g/mol. The van der Waals surface area contributed by atoms with Crippen LogP contribution in [0.4, 0.5) is 0 Å². The van der Waals surface area contributed by atoms with Crippen LogP contribution in [0, 0.1) is 0 Å². The summed E-state index contributed by atoms with van der Waals surface area (Å²) in [5.41, 5.74) is 0. The van der Waals surface area contributed by atoms with Gasteiger partial charge in [-0.3, -0.25) is 4.79 Å². The molecule has 0 spiro atoms. The highest BCUT2D eigenvalue weighted by atomic mass is 16.3. The maximum Gasteiger partial charge on any atom is 0.289 e. The molecule has 1 aliphatic heterocycles. The van der Waals surface area contributed by atoms with Crippen LogP contribution < -0.4 is 5.32 Å². The Labute approximate surface area is 117 Å². The number of carbonyl (C=O) groups excluding carboxylic acids is 1. The van der Waals surface area contributed by atoms with E-state index >= 15 is 0 Å². The molecule has 0 saturated carbocycles. The Morgan fingerprint density at radius 1 is 1.60 bits per heavy atom. The summed E-state index contributed by atoms with van der Waals surface area (Å²) < 4.78 is 5.18. The number of amides is 1. The highest BCUT2D eigenvalue weighted by molar-refractivity contribution is 5.91. The number of imidazole rings is 1. The van der Waals surface area contributed by atoms with E-state index in [1.165, 1.54) is 6.26 Å². The molecule has 0 aromatic carbocycles. The first-order valence-corrected chi connectivity index (χ1v) is 6.87. The number of H-pyrrole nitrogens is 1. The number of nitrogens with zero attached hydrogens (tertiary/aromatic N) is 2. The molecular weight excluding hydrogens is 256 g/mol. The second-order valence-corrected chi connectivity index (χ2v) is 4.98. The summed E-state index contributed by atoms with van der Waals surface area (Å²) in [4.78, 5) is 21.3. The molecule has 2 aromatic rings. The Balaban J connectivity index is 1.55. The van der Waals surface area contributed by atoms with Gasteiger partial charge in [-0.1, -0.05) is 0 Å². The Bertz CT molecular complexity index is 536. The molecule has 3 rings (SSSR count). The van der Waals surface area contributed by atoms with Crippen LogP contribution in [-0.4, -0.2) is 39.9 Å². The largest absolute Gasteiger partial charge is 0.459 e. The third kappa shape index (κ3) is 2.91. The predicted molar refractivity (Wildman–Crippen MR) is 73.1 cm³/mol. The average molecular weight is 274 g/mol. The molecule has 3 heterocycles. The van der Waals surface area contributed by atoms with Crippen molar-refractivity contribution >= 4 is 5.91 Å². The van der Waals surface area contributed by atoms with Gasteiger partial charge < -0.3 is 19.6 Å². The molecule has 20 heavy (non-hydrogen) atoms. The lowest BCUT2D eigenvalue weighted by Crippen LogP contribution is -2.47. The Morgan fingerprint density at radius 3 is 3.30 bits per heavy atom. The van der Waals surface area contributed by atoms with Crippen LogP contribution in [-0.2, 0) is 6.54 Å². The number of hydrogen-bond acceptors (Lipinski definition) is 4. The molecule has 1 aliphatic rings. The van der Waals surface area contributed by atoms with E-state index in [9.17, 15) is 4.79 Å². The third-order valence-corrected chi connectivity index (χ3v) is 3.55. The topological polar surface area (TPSA) is 74.2 Å². The summed E-state index contributed by atoms with van der Waals surface area (Å²) >= 11 is 0. The quantitative estimate of drug-likeness (QED) is 0.883. The molecule has 0 aliphatic carbocycles. The fourth-order valence-corrected chi connectivity index (χ4v) is 2.52. The van der Waals surface area contributed by atoms with Gasteiger partial charge in [0.1, 0.15) is 5.82 Å². The van der Waals surface area contributed by atoms with Crippen molar-refractivity contribution in [2.45, 2.75) is 25.4 Å². The number of likely N-dealkylation sites (tertiary alicyclic amines) is 1. The number of furan rings is 1. The first-order chi connectivity index (χ1) is 9.83. The number of aromatic amines is 1. The Kier molecular flexibility index (Phi) is 3.83. The minimum absolute atomic E-state index is 0.0282. The van der Waals surface area contributed by atoms with Crippen molar-refractivity contribution in [2.24, 2.45) is 0 Å². The van der Waals surface area contributed by atoms with E-state index in [0.717, 1.165) is 25.2 Å². The SMILES string of the molecule is O=C(c1ccco1)N1CCCC(NCc2ncc[nH]2)C1. The van der Waals surface area contributed by atoms with E-state index < -0.39 is 0 Å². The molecule has 6 nitrogen and oxygen atoms in total. The number of carbonyl (C=O) groups is 1. The van der Waals surface area contributed by atoms with Crippen molar-refractivity contribution in [3.05, 3.63) is 42.4 Å². The summed E-state index contributed by atoms with van der Waals surface area (Å²) in [5.74, 6) is 1.30. The van der Waals surface area contributed by atoms with Gasteiger partial charge in [0.05, 0.1) is 12.8 Å². The standard InChI is InChI=1S/C14H18N4O2/c19-14(12-4-2-8-20-12)18-7-1-3-11(10-18)17-9-13-15-5-6-16-13/h2,4-6,8,11,17H,1,3,7,9-10H2,(H,15,16). The third-order valence-electron chi connectivity index (χ3n) is 3.55. The summed E-state index contributed by atoms with van der Waals surface area (Å²) in [7, 11) is 0. The smallest absolute Gasteiger partial charge is 0.289 e. The summed E-state index contributed by atoms with van der Waals surface area (Å²) in [5, 5.41) is 3.44. The molecular formula is C14H18N4O2. The van der Waals surface area contributed by atoms with Crippen molar-refractivity contribution in [3.63, 3.8) is 0 Å². The van der Waals surface area contributed by atoms with E-state index in [1.807, 2.05) is 11.1 Å². The highest BCUT2D eigenvalue weighted by Crippen LogP contribution is 2.14. The maximum absolute atomic E-state index is 12.2. The first kappa shape index (κ1) is 12.9. The number of hydrogen-bond donors (Lipinski definition) is 2. The van der Waals surface area contributed by atoms with Gasteiger partial charge in [-0.2, -0.15) is 0 Å². The zero-order valence-electron chi connectivity index (χ0n) is 11.2. The zero-order valence-corrected chi connectivity index (χ0v) is 11.2. The van der Waals surface area contributed by atoms with Gasteiger partial charge in [-0.15, -0.1) is 0 Å². The van der Waals surface area contributed by atoms with Crippen LogP contribution in [0.25, 0.3) is 0 Å². The van der Waals surface area contributed by atoms with Gasteiger partial charge in [0.2, 0.25) is 0 Å². The van der Waals surface area contributed by atoms with Gasteiger partial charge in [-0.25, -0.2) is 4.98 Å². The fraction of sp³-hybridized carbons (Fsp3) is 0.429. The molecule has 2 N–H and O–H groups in total. The van der Waals surface area contributed by atoms with E-state index in [2.05, 4.69) is 15.3 Å². The molecule has 0 radical (unpaired) electrons. The number of piperidine rings is 1.